The van der Waals surface area contributed by atoms with E-state index in [1.54, 1.807) is 14.2 Å². The molecule has 0 saturated carbocycles. The molecule has 0 fully saturated rings. The summed E-state index contributed by atoms with van der Waals surface area (Å²) in [6.45, 7) is 2.68. The van der Waals surface area contributed by atoms with Crippen molar-refractivity contribution in [1.82, 2.24) is 9.38 Å². The zero-order chi connectivity index (χ0) is 25.9. The van der Waals surface area contributed by atoms with Crippen LogP contribution in [0.4, 0.5) is 5.82 Å². The van der Waals surface area contributed by atoms with Crippen molar-refractivity contribution in [2.24, 2.45) is 0 Å². The van der Waals surface area contributed by atoms with Crippen LogP contribution < -0.4 is 14.8 Å². The molecule has 0 amide bonds. The van der Waals surface area contributed by atoms with Crippen LogP contribution in [0.3, 0.4) is 0 Å². The van der Waals surface area contributed by atoms with Gasteiger partial charge in [-0.1, -0.05) is 41.9 Å². The summed E-state index contributed by atoms with van der Waals surface area (Å²) in [5.74, 6) is 2.36. The molecule has 6 nitrogen and oxygen atoms in total. The Bertz CT molecular complexity index is 1630. The standard InChI is InChI=1S/C30H27ClN4O2/c1-19-23(16-20-8-11-22(31)12-9-20)29(33-15-14-21-10-13-27(36-2)28(17-21)37-3)35-26-7-5-4-6-25(26)34-30(35)24(19)18-32/h4-13,17,33H,14-16H2,1-3H3. The fraction of sp³-hybridized carbons (Fsp3) is 0.200. The number of benzene rings is 3. The van der Waals surface area contributed by atoms with Gasteiger partial charge in [-0.15, -0.1) is 0 Å². The Hall–Kier alpha value is -4.21. The van der Waals surface area contributed by atoms with E-state index in [2.05, 4.69) is 15.8 Å². The van der Waals surface area contributed by atoms with Crippen LogP contribution in [0.25, 0.3) is 16.7 Å². The van der Waals surface area contributed by atoms with Crippen molar-refractivity contribution >= 4 is 34.1 Å². The number of hydrogen-bond acceptors (Lipinski definition) is 5. The van der Waals surface area contributed by atoms with Gasteiger partial charge in [0.1, 0.15) is 11.9 Å². The summed E-state index contributed by atoms with van der Waals surface area (Å²) in [4.78, 5) is 4.83. The fourth-order valence-electron chi connectivity index (χ4n) is 4.75. The Morgan fingerprint density at radius 2 is 1.70 bits per heavy atom. The first-order chi connectivity index (χ1) is 18.0. The van der Waals surface area contributed by atoms with Crippen LogP contribution in [0.2, 0.25) is 5.02 Å². The van der Waals surface area contributed by atoms with Crippen molar-refractivity contribution in [3.05, 3.63) is 99.6 Å². The number of imidazole rings is 1. The van der Waals surface area contributed by atoms with Crippen LogP contribution in [-0.2, 0) is 12.8 Å². The van der Waals surface area contributed by atoms with Crippen LogP contribution >= 0.6 is 11.6 Å². The van der Waals surface area contributed by atoms with Gasteiger partial charge in [-0.2, -0.15) is 5.26 Å². The van der Waals surface area contributed by atoms with Gasteiger partial charge in [-0.3, -0.25) is 4.40 Å². The van der Waals surface area contributed by atoms with Gasteiger partial charge in [0.15, 0.2) is 17.1 Å². The number of nitriles is 1. The first kappa shape index (κ1) is 24.5. The number of rotatable bonds is 8. The highest BCUT2D eigenvalue weighted by Crippen LogP contribution is 2.33. The van der Waals surface area contributed by atoms with Gasteiger partial charge in [0.05, 0.1) is 30.8 Å². The van der Waals surface area contributed by atoms with E-state index < -0.39 is 0 Å². The molecule has 7 heteroatoms. The van der Waals surface area contributed by atoms with E-state index in [1.165, 1.54) is 0 Å². The summed E-state index contributed by atoms with van der Waals surface area (Å²) in [5, 5.41) is 14.5. The first-order valence-electron chi connectivity index (χ1n) is 12.1. The van der Waals surface area contributed by atoms with Crippen molar-refractivity contribution in [2.75, 3.05) is 26.1 Å². The molecule has 5 aromatic rings. The van der Waals surface area contributed by atoms with Gasteiger partial charge in [0.25, 0.3) is 0 Å². The van der Waals surface area contributed by atoms with E-state index >= 15 is 0 Å². The molecule has 2 heterocycles. The Balaban J connectivity index is 1.60. The molecule has 0 atom stereocenters. The summed E-state index contributed by atoms with van der Waals surface area (Å²) >= 11 is 6.14. The Kier molecular flexibility index (Phi) is 6.89. The van der Waals surface area contributed by atoms with Crippen LogP contribution in [0.1, 0.15) is 27.8 Å². The highest BCUT2D eigenvalue weighted by molar-refractivity contribution is 6.30. The number of methoxy groups -OCH3 is 2. The maximum Gasteiger partial charge on any atom is 0.160 e. The smallest absolute Gasteiger partial charge is 0.160 e. The molecule has 0 radical (unpaired) electrons. The van der Waals surface area contributed by atoms with Crippen molar-refractivity contribution in [1.29, 1.82) is 5.26 Å². The summed E-state index contributed by atoms with van der Waals surface area (Å²) in [6, 6.07) is 24.2. The number of halogens is 1. The lowest BCUT2D eigenvalue weighted by Crippen LogP contribution is -2.14. The summed E-state index contributed by atoms with van der Waals surface area (Å²) in [5.41, 5.74) is 7.28. The third kappa shape index (κ3) is 4.66. The van der Waals surface area contributed by atoms with Crippen LogP contribution in [-0.4, -0.2) is 30.1 Å². The minimum absolute atomic E-state index is 0.589. The number of para-hydroxylation sites is 2. The lowest BCUT2D eigenvalue weighted by Gasteiger charge is -2.19. The van der Waals surface area contributed by atoms with E-state index in [0.717, 1.165) is 45.5 Å². The van der Waals surface area contributed by atoms with Crippen molar-refractivity contribution in [3.63, 3.8) is 0 Å². The number of fused-ring (bicyclic) bond motifs is 3. The maximum absolute atomic E-state index is 10.1. The molecule has 0 spiro atoms. The largest absolute Gasteiger partial charge is 0.493 e. The monoisotopic (exact) mass is 510 g/mol. The lowest BCUT2D eigenvalue weighted by atomic mass is 9.97. The van der Waals surface area contributed by atoms with Gasteiger partial charge in [-0.05, 0) is 66.4 Å². The van der Waals surface area contributed by atoms with E-state index in [-0.39, 0.29) is 0 Å². The SMILES string of the molecule is COc1ccc(CCNc2c(Cc3ccc(Cl)cc3)c(C)c(C#N)c3nc4ccccc4n23)cc1OC. The number of nitrogens with one attached hydrogen (secondary N) is 1. The molecule has 2 aromatic heterocycles. The molecule has 0 aliphatic carbocycles. The lowest BCUT2D eigenvalue weighted by molar-refractivity contribution is 0.354. The van der Waals surface area contributed by atoms with Crippen molar-refractivity contribution in [2.45, 2.75) is 19.8 Å². The van der Waals surface area contributed by atoms with Crippen LogP contribution in [0.15, 0.2) is 66.7 Å². The number of ether oxygens (including phenoxy) is 2. The molecule has 0 bridgehead atoms. The third-order valence-electron chi connectivity index (χ3n) is 6.68. The van der Waals surface area contributed by atoms with Gasteiger partial charge < -0.3 is 14.8 Å². The molecule has 186 valence electrons. The van der Waals surface area contributed by atoms with E-state index in [4.69, 9.17) is 26.1 Å². The number of anilines is 1. The molecule has 0 saturated heterocycles. The maximum atomic E-state index is 10.1. The Labute approximate surface area is 221 Å². The minimum Gasteiger partial charge on any atom is -0.493 e. The summed E-state index contributed by atoms with van der Waals surface area (Å²) in [7, 11) is 3.28. The number of pyridine rings is 1. The Morgan fingerprint density at radius 3 is 2.43 bits per heavy atom. The van der Waals surface area contributed by atoms with E-state index in [1.807, 2.05) is 73.7 Å². The van der Waals surface area contributed by atoms with Gasteiger partial charge in [0.2, 0.25) is 0 Å². The Morgan fingerprint density at radius 1 is 0.973 bits per heavy atom. The van der Waals surface area contributed by atoms with E-state index in [0.29, 0.717) is 40.7 Å². The average Bonchev–Trinajstić information content (AvgIpc) is 3.30. The molecular formula is C30H27ClN4O2. The second-order valence-electron chi connectivity index (χ2n) is 8.87. The normalized spacial score (nSPS) is 11.0. The fourth-order valence-corrected chi connectivity index (χ4v) is 4.88. The predicted molar refractivity (Wildman–Crippen MR) is 148 cm³/mol. The second kappa shape index (κ2) is 10.4. The van der Waals surface area contributed by atoms with Crippen molar-refractivity contribution in [3.8, 4) is 17.6 Å². The topological polar surface area (TPSA) is 71.6 Å². The number of nitrogens with zero attached hydrogens (tertiary/aromatic N) is 3. The van der Waals surface area contributed by atoms with Crippen LogP contribution in [0.5, 0.6) is 11.5 Å². The molecule has 37 heavy (non-hydrogen) atoms. The minimum atomic E-state index is 0.589. The van der Waals surface area contributed by atoms with Gasteiger partial charge in [0, 0.05) is 23.6 Å². The van der Waals surface area contributed by atoms with Crippen LogP contribution in [0, 0.1) is 18.3 Å². The molecule has 0 unspecified atom stereocenters. The second-order valence-corrected chi connectivity index (χ2v) is 9.30. The highest BCUT2D eigenvalue weighted by Gasteiger charge is 2.21. The van der Waals surface area contributed by atoms with E-state index in [9.17, 15) is 5.26 Å². The molecular weight excluding hydrogens is 484 g/mol. The highest BCUT2D eigenvalue weighted by atomic mass is 35.5. The summed E-state index contributed by atoms with van der Waals surface area (Å²) in [6.07, 6.45) is 1.42. The zero-order valence-corrected chi connectivity index (χ0v) is 21.8. The molecule has 5 rings (SSSR count). The average molecular weight is 511 g/mol. The quantitative estimate of drug-likeness (QED) is 0.255. The molecule has 1 N–H and O–H groups in total. The van der Waals surface area contributed by atoms with Gasteiger partial charge >= 0.3 is 0 Å². The van der Waals surface area contributed by atoms with Gasteiger partial charge in [-0.25, -0.2) is 4.98 Å². The number of aromatic nitrogens is 2. The third-order valence-corrected chi connectivity index (χ3v) is 6.93. The zero-order valence-electron chi connectivity index (χ0n) is 21.0. The molecule has 0 aliphatic heterocycles. The number of hydrogen-bond donors (Lipinski definition) is 1. The summed E-state index contributed by atoms with van der Waals surface area (Å²) < 4.78 is 12.9. The predicted octanol–water partition coefficient (Wildman–Crippen LogP) is 6.58. The first-order valence-corrected chi connectivity index (χ1v) is 12.4. The molecule has 3 aromatic carbocycles. The van der Waals surface area contributed by atoms with Crippen molar-refractivity contribution < 1.29 is 9.47 Å². The molecule has 0 aliphatic rings.